The van der Waals surface area contributed by atoms with Crippen LogP contribution in [0.2, 0.25) is 0 Å². The fraction of sp³-hybridized carbons (Fsp3) is 0.545. The molecule has 0 bridgehead atoms. The summed E-state index contributed by atoms with van der Waals surface area (Å²) in [7, 11) is 0. The molecule has 31 heavy (non-hydrogen) atoms. The lowest BCUT2D eigenvalue weighted by Crippen LogP contribution is -2.57. The fourth-order valence-electron chi connectivity index (χ4n) is 3.66. The van der Waals surface area contributed by atoms with E-state index in [1.165, 1.54) is 11.8 Å². The summed E-state index contributed by atoms with van der Waals surface area (Å²) in [5.41, 5.74) is 6.92. The zero-order valence-corrected chi connectivity index (χ0v) is 18.2. The first kappa shape index (κ1) is 24.3. The minimum atomic E-state index is -1.05. The van der Waals surface area contributed by atoms with Crippen molar-refractivity contribution in [2.45, 2.75) is 64.2 Å². The van der Waals surface area contributed by atoms with Gasteiger partial charge in [-0.15, -0.1) is 0 Å². The molecule has 1 fully saturated rings. The number of carboxylic acids is 1. The van der Waals surface area contributed by atoms with Crippen molar-refractivity contribution in [3.63, 3.8) is 0 Å². The van der Waals surface area contributed by atoms with E-state index in [4.69, 9.17) is 5.73 Å². The number of nitrogens with two attached hydrogens (primary N) is 1. The molecule has 1 aromatic carbocycles. The van der Waals surface area contributed by atoms with Crippen LogP contribution in [0.1, 0.15) is 39.2 Å². The van der Waals surface area contributed by atoms with Gasteiger partial charge in [-0.2, -0.15) is 0 Å². The second-order valence-electron chi connectivity index (χ2n) is 8.28. The monoisotopic (exact) mass is 432 g/mol. The number of benzene rings is 1. The van der Waals surface area contributed by atoms with Crippen molar-refractivity contribution in [1.29, 1.82) is 0 Å². The lowest BCUT2D eigenvalue weighted by Gasteiger charge is -2.28. The minimum Gasteiger partial charge on any atom is -0.480 e. The number of nitrogens with one attached hydrogen (secondary N) is 2. The van der Waals surface area contributed by atoms with E-state index in [0.717, 1.165) is 5.56 Å². The summed E-state index contributed by atoms with van der Waals surface area (Å²) in [5, 5.41) is 14.6. The highest BCUT2D eigenvalue weighted by atomic mass is 16.4. The summed E-state index contributed by atoms with van der Waals surface area (Å²) in [6.07, 6.45) is 1.33. The first-order chi connectivity index (χ1) is 14.6. The molecule has 0 radical (unpaired) electrons. The highest BCUT2D eigenvalue weighted by molar-refractivity contribution is 5.94. The lowest BCUT2D eigenvalue weighted by molar-refractivity contribution is -0.149. The molecule has 1 aliphatic rings. The van der Waals surface area contributed by atoms with E-state index in [0.29, 0.717) is 25.8 Å². The van der Waals surface area contributed by atoms with Gasteiger partial charge in [0.05, 0.1) is 6.04 Å². The molecule has 1 saturated heterocycles. The normalized spacial score (nSPS) is 18.9. The van der Waals surface area contributed by atoms with Crippen LogP contribution in [0, 0.1) is 5.92 Å². The van der Waals surface area contributed by atoms with Crippen LogP contribution in [-0.4, -0.2) is 64.4 Å². The van der Waals surface area contributed by atoms with Crippen LogP contribution in [0.3, 0.4) is 0 Å². The van der Waals surface area contributed by atoms with Crippen molar-refractivity contribution in [2.24, 2.45) is 11.7 Å². The van der Waals surface area contributed by atoms with Crippen molar-refractivity contribution >= 4 is 23.7 Å². The highest BCUT2D eigenvalue weighted by Gasteiger charge is 2.37. The maximum Gasteiger partial charge on any atom is 0.326 e. The molecule has 0 aromatic heterocycles. The molecule has 0 spiro atoms. The molecular weight excluding hydrogens is 400 g/mol. The van der Waals surface area contributed by atoms with Gasteiger partial charge < -0.3 is 26.4 Å². The van der Waals surface area contributed by atoms with Crippen molar-refractivity contribution < 1.29 is 24.3 Å². The van der Waals surface area contributed by atoms with Crippen molar-refractivity contribution in [3.8, 4) is 0 Å². The summed E-state index contributed by atoms with van der Waals surface area (Å²) >= 11 is 0. The van der Waals surface area contributed by atoms with E-state index in [1.807, 2.05) is 30.3 Å². The fourth-order valence-corrected chi connectivity index (χ4v) is 3.66. The highest BCUT2D eigenvalue weighted by Crippen LogP contribution is 2.18. The van der Waals surface area contributed by atoms with E-state index in [1.54, 1.807) is 13.8 Å². The summed E-state index contributed by atoms with van der Waals surface area (Å²) < 4.78 is 0. The van der Waals surface area contributed by atoms with E-state index in [9.17, 15) is 24.3 Å². The molecule has 4 atom stereocenters. The molecule has 170 valence electrons. The quantitative estimate of drug-likeness (QED) is 0.441. The van der Waals surface area contributed by atoms with Gasteiger partial charge in [-0.05, 0) is 37.7 Å². The molecule has 1 aliphatic heterocycles. The number of likely N-dealkylation sites (tertiary alicyclic amines) is 1. The standard InChI is InChI=1S/C22H32N4O5/c1-13(2)18(25-19(27)16(23)12-15-8-5-4-6-9-15)20(28)24-14(3)21(29)26-11-7-10-17(26)22(30)31/h4-6,8-9,13-14,16-18H,7,10-12,23H2,1-3H3,(H,24,28)(H,25,27)(H,30,31)/t14-,16-,17-,18-/m0/s1. The van der Waals surface area contributed by atoms with Crippen molar-refractivity contribution in [3.05, 3.63) is 35.9 Å². The SMILES string of the molecule is CC(C)[C@H](NC(=O)[C@@H](N)Cc1ccccc1)C(=O)N[C@@H](C)C(=O)N1CCC[C@H]1C(=O)O. The molecule has 0 saturated carbocycles. The Kier molecular flexibility index (Phi) is 8.56. The van der Waals surface area contributed by atoms with E-state index < -0.39 is 47.9 Å². The van der Waals surface area contributed by atoms with Gasteiger partial charge in [0.25, 0.3) is 0 Å². The number of nitrogens with zero attached hydrogens (tertiary/aromatic N) is 1. The zero-order chi connectivity index (χ0) is 23.1. The van der Waals surface area contributed by atoms with Gasteiger partial charge in [-0.3, -0.25) is 14.4 Å². The van der Waals surface area contributed by atoms with Crippen molar-refractivity contribution in [2.75, 3.05) is 6.54 Å². The molecule has 9 heteroatoms. The third-order valence-electron chi connectivity index (χ3n) is 5.43. The molecular formula is C22H32N4O5. The Hall–Kier alpha value is -2.94. The average molecular weight is 433 g/mol. The van der Waals surface area contributed by atoms with Gasteiger partial charge in [0.2, 0.25) is 17.7 Å². The predicted molar refractivity (Wildman–Crippen MR) is 115 cm³/mol. The molecule has 9 nitrogen and oxygen atoms in total. The van der Waals surface area contributed by atoms with E-state index >= 15 is 0 Å². The van der Waals surface area contributed by atoms with Gasteiger partial charge in [0.15, 0.2) is 0 Å². The summed E-state index contributed by atoms with van der Waals surface area (Å²) in [6, 6.07) is 5.85. The Morgan fingerprint density at radius 1 is 1.10 bits per heavy atom. The Morgan fingerprint density at radius 3 is 2.32 bits per heavy atom. The molecule has 1 heterocycles. The van der Waals surface area contributed by atoms with Crippen LogP contribution in [0.25, 0.3) is 0 Å². The third kappa shape index (κ3) is 6.52. The Bertz CT molecular complexity index is 798. The number of carboxylic acid groups (broad SMARTS) is 1. The van der Waals surface area contributed by atoms with Crippen LogP contribution in [0.4, 0.5) is 0 Å². The predicted octanol–water partition coefficient (Wildman–Crippen LogP) is 0.278. The summed E-state index contributed by atoms with van der Waals surface area (Å²) in [5.74, 6) is -2.71. The van der Waals surface area contributed by atoms with E-state index in [2.05, 4.69) is 10.6 Å². The van der Waals surface area contributed by atoms with Crippen LogP contribution in [0.15, 0.2) is 30.3 Å². The number of rotatable bonds is 9. The lowest BCUT2D eigenvalue weighted by atomic mass is 10.0. The van der Waals surface area contributed by atoms with Gasteiger partial charge in [0, 0.05) is 6.54 Å². The Labute approximate surface area is 182 Å². The van der Waals surface area contributed by atoms with Crippen LogP contribution >= 0.6 is 0 Å². The van der Waals surface area contributed by atoms with Gasteiger partial charge in [0.1, 0.15) is 18.1 Å². The number of carbonyl (C=O) groups excluding carboxylic acids is 3. The second-order valence-corrected chi connectivity index (χ2v) is 8.28. The van der Waals surface area contributed by atoms with Crippen molar-refractivity contribution in [1.82, 2.24) is 15.5 Å². The molecule has 3 amide bonds. The molecule has 2 rings (SSSR count). The minimum absolute atomic E-state index is 0.242. The molecule has 0 aliphatic carbocycles. The van der Waals surface area contributed by atoms with Crippen LogP contribution < -0.4 is 16.4 Å². The smallest absolute Gasteiger partial charge is 0.326 e. The average Bonchev–Trinajstić information content (AvgIpc) is 3.21. The second kappa shape index (κ2) is 10.9. The van der Waals surface area contributed by atoms with Gasteiger partial charge in [-0.25, -0.2) is 4.79 Å². The summed E-state index contributed by atoms with van der Waals surface area (Å²) in [4.78, 5) is 50.6. The first-order valence-electron chi connectivity index (χ1n) is 10.5. The van der Waals surface area contributed by atoms with Crippen LogP contribution in [-0.2, 0) is 25.6 Å². The Morgan fingerprint density at radius 2 is 1.74 bits per heavy atom. The number of amides is 3. The number of hydrogen-bond donors (Lipinski definition) is 4. The Balaban J connectivity index is 1.97. The largest absolute Gasteiger partial charge is 0.480 e. The zero-order valence-electron chi connectivity index (χ0n) is 18.2. The number of aliphatic carboxylic acids is 1. The molecule has 1 aromatic rings. The third-order valence-corrected chi connectivity index (χ3v) is 5.43. The molecule has 0 unspecified atom stereocenters. The number of hydrogen-bond acceptors (Lipinski definition) is 5. The first-order valence-corrected chi connectivity index (χ1v) is 10.5. The van der Waals surface area contributed by atoms with Gasteiger partial charge in [-0.1, -0.05) is 44.2 Å². The topological polar surface area (TPSA) is 142 Å². The number of carbonyl (C=O) groups is 4. The van der Waals surface area contributed by atoms with E-state index in [-0.39, 0.29) is 5.92 Å². The van der Waals surface area contributed by atoms with Crippen LogP contribution in [0.5, 0.6) is 0 Å². The maximum atomic E-state index is 12.8. The maximum absolute atomic E-state index is 12.8. The molecule has 5 N–H and O–H groups in total. The summed E-state index contributed by atoms with van der Waals surface area (Å²) in [6.45, 7) is 5.41. The van der Waals surface area contributed by atoms with Gasteiger partial charge >= 0.3 is 5.97 Å².